The van der Waals surface area contributed by atoms with E-state index in [0.29, 0.717) is 23.8 Å². The lowest BCUT2D eigenvalue weighted by Crippen LogP contribution is -2.53. The molecule has 2 saturated carbocycles. The van der Waals surface area contributed by atoms with Crippen LogP contribution in [0.15, 0.2) is 23.8 Å². The Morgan fingerprint density at radius 3 is 2.71 bits per heavy atom. The minimum Gasteiger partial charge on any atom is -0.458 e. The normalized spacial score (nSPS) is 43.9. The third-order valence-corrected chi connectivity index (χ3v) is 7.40. The highest BCUT2D eigenvalue weighted by atomic mass is 16.5. The van der Waals surface area contributed by atoms with Crippen molar-refractivity contribution in [3.8, 4) is 0 Å². The lowest BCUT2D eigenvalue weighted by molar-refractivity contribution is -0.135. The molecular formula is C20H30O4. The molecule has 2 fully saturated rings. The van der Waals surface area contributed by atoms with Crippen molar-refractivity contribution in [2.45, 2.75) is 65.1 Å². The molecule has 0 aromatic carbocycles. The van der Waals surface area contributed by atoms with Gasteiger partial charge < -0.3 is 14.9 Å². The minimum atomic E-state index is -0.647. The number of aliphatic hydroxyl groups excluding tert-OH is 2. The summed E-state index contributed by atoms with van der Waals surface area (Å²) in [7, 11) is 0. The Kier molecular flexibility index (Phi) is 4.42. The van der Waals surface area contributed by atoms with Gasteiger partial charge in [-0.05, 0) is 60.3 Å². The summed E-state index contributed by atoms with van der Waals surface area (Å²) in [6.07, 6.45) is 4.83. The largest absolute Gasteiger partial charge is 0.458 e. The van der Waals surface area contributed by atoms with E-state index in [0.717, 1.165) is 31.3 Å². The van der Waals surface area contributed by atoms with Crippen molar-refractivity contribution in [1.29, 1.82) is 0 Å². The van der Waals surface area contributed by atoms with Gasteiger partial charge in [-0.15, -0.1) is 0 Å². The molecule has 0 unspecified atom stereocenters. The van der Waals surface area contributed by atoms with Crippen molar-refractivity contribution in [3.05, 3.63) is 23.8 Å². The number of hydrogen-bond acceptors (Lipinski definition) is 4. The molecule has 0 bridgehead atoms. The number of carbonyl (C=O) groups is 1. The van der Waals surface area contributed by atoms with E-state index in [9.17, 15) is 15.0 Å². The van der Waals surface area contributed by atoms with E-state index in [4.69, 9.17) is 4.74 Å². The van der Waals surface area contributed by atoms with Crippen molar-refractivity contribution in [3.63, 3.8) is 0 Å². The fraction of sp³-hybridized carbons (Fsp3) is 0.750. The monoisotopic (exact) mass is 334 g/mol. The lowest BCUT2D eigenvalue weighted by atomic mass is 9.45. The van der Waals surface area contributed by atoms with E-state index in [2.05, 4.69) is 27.4 Å². The minimum absolute atomic E-state index is 0.0536. The fourth-order valence-corrected chi connectivity index (χ4v) is 5.48. The molecule has 0 saturated heterocycles. The second-order valence-electron chi connectivity index (χ2n) is 8.58. The second kappa shape index (κ2) is 5.99. The smallest absolute Gasteiger partial charge is 0.331 e. The maximum Gasteiger partial charge on any atom is 0.331 e. The summed E-state index contributed by atoms with van der Waals surface area (Å²) in [5.41, 5.74) is 1.53. The first-order chi connectivity index (χ1) is 11.2. The Balaban J connectivity index is 1.87. The Hall–Kier alpha value is -1.13. The van der Waals surface area contributed by atoms with Crippen molar-refractivity contribution >= 4 is 5.97 Å². The molecular weight excluding hydrogens is 304 g/mol. The number of hydrogen-bond donors (Lipinski definition) is 2. The number of esters is 1. The number of fused-ring (bicyclic) bond motifs is 1. The molecule has 0 aromatic heterocycles. The molecule has 2 aliphatic carbocycles. The maximum absolute atomic E-state index is 11.3. The molecule has 6 atom stereocenters. The van der Waals surface area contributed by atoms with Crippen molar-refractivity contribution in [2.75, 3.05) is 6.61 Å². The SMILES string of the molecule is C=C1[C@@H](O)CC[C@H]2[C@](C)(C[C@H](O)C3=CC(=O)OC3)[C@@H](C)CC[C@]12C. The summed E-state index contributed by atoms with van der Waals surface area (Å²) < 4.78 is 4.95. The van der Waals surface area contributed by atoms with E-state index in [1.807, 2.05) is 0 Å². The van der Waals surface area contributed by atoms with Gasteiger partial charge in [-0.2, -0.15) is 0 Å². The van der Waals surface area contributed by atoms with Crippen LogP contribution in [0, 0.1) is 22.7 Å². The van der Waals surface area contributed by atoms with Gasteiger partial charge in [0.15, 0.2) is 0 Å². The third kappa shape index (κ3) is 2.64. The topological polar surface area (TPSA) is 66.8 Å². The van der Waals surface area contributed by atoms with Crippen LogP contribution in [0.3, 0.4) is 0 Å². The molecule has 1 heterocycles. The standard InChI is InChI=1S/C20H30O4/c1-12-7-8-19(3)13(2)15(21)5-6-17(19)20(12,4)10-16(22)14-9-18(23)24-11-14/h9,12,15-17,21-22H,2,5-8,10-11H2,1,3-4H3/t12-,15-,16-,17+,19+,20+/m0/s1. The van der Waals surface area contributed by atoms with Crippen LogP contribution in [0.25, 0.3) is 0 Å². The van der Waals surface area contributed by atoms with Crippen LogP contribution in [0.1, 0.15) is 52.9 Å². The molecule has 1 aliphatic heterocycles. The van der Waals surface area contributed by atoms with E-state index in [-0.39, 0.29) is 23.4 Å². The van der Waals surface area contributed by atoms with E-state index >= 15 is 0 Å². The van der Waals surface area contributed by atoms with Crippen LogP contribution in [-0.4, -0.2) is 35.0 Å². The molecule has 0 aromatic rings. The number of cyclic esters (lactones) is 1. The summed E-state index contributed by atoms with van der Waals surface area (Å²) >= 11 is 0. The molecule has 4 heteroatoms. The molecule has 134 valence electrons. The number of aliphatic hydroxyl groups is 2. The molecule has 0 amide bonds. The Morgan fingerprint density at radius 2 is 2.08 bits per heavy atom. The number of ether oxygens (including phenoxy) is 1. The molecule has 2 N–H and O–H groups in total. The highest BCUT2D eigenvalue weighted by Crippen LogP contribution is 2.62. The summed E-state index contributed by atoms with van der Waals surface area (Å²) in [4.78, 5) is 11.3. The van der Waals surface area contributed by atoms with Gasteiger partial charge >= 0.3 is 5.97 Å². The van der Waals surface area contributed by atoms with Gasteiger partial charge in [0.25, 0.3) is 0 Å². The van der Waals surface area contributed by atoms with Crippen LogP contribution in [-0.2, 0) is 9.53 Å². The summed E-state index contributed by atoms with van der Waals surface area (Å²) in [6.45, 7) is 11.2. The van der Waals surface area contributed by atoms with Gasteiger partial charge in [0.1, 0.15) is 6.61 Å². The number of carbonyl (C=O) groups excluding carboxylic acids is 1. The summed E-state index contributed by atoms with van der Waals surface area (Å²) in [6, 6.07) is 0. The first kappa shape index (κ1) is 17.7. The molecule has 3 aliphatic rings. The van der Waals surface area contributed by atoms with Crippen molar-refractivity contribution < 1.29 is 19.7 Å². The molecule has 24 heavy (non-hydrogen) atoms. The van der Waals surface area contributed by atoms with E-state index in [1.54, 1.807) is 0 Å². The Morgan fingerprint density at radius 1 is 1.38 bits per heavy atom. The predicted octanol–water partition coefficient (Wildman–Crippen LogP) is 2.99. The zero-order chi connectivity index (χ0) is 17.7. The van der Waals surface area contributed by atoms with Crippen molar-refractivity contribution in [2.24, 2.45) is 22.7 Å². The zero-order valence-electron chi connectivity index (χ0n) is 15.0. The van der Waals surface area contributed by atoms with Crippen LogP contribution < -0.4 is 0 Å². The van der Waals surface area contributed by atoms with Gasteiger partial charge in [-0.3, -0.25) is 0 Å². The van der Waals surface area contributed by atoms with Gasteiger partial charge in [-0.1, -0.05) is 27.4 Å². The van der Waals surface area contributed by atoms with Gasteiger partial charge in [0.05, 0.1) is 12.2 Å². The van der Waals surface area contributed by atoms with E-state index in [1.165, 1.54) is 6.08 Å². The summed E-state index contributed by atoms with van der Waals surface area (Å²) in [5, 5.41) is 21.0. The van der Waals surface area contributed by atoms with Crippen molar-refractivity contribution in [1.82, 2.24) is 0 Å². The molecule has 4 nitrogen and oxygen atoms in total. The maximum atomic E-state index is 11.3. The van der Waals surface area contributed by atoms with Crippen LogP contribution in [0.4, 0.5) is 0 Å². The average Bonchev–Trinajstić information content (AvgIpc) is 2.96. The first-order valence-corrected chi connectivity index (χ1v) is 9.11. The lowest BCUT2D eigenvalue weighted by Gasteiger charge is -2.60. The predicted molar refractivity (Wildman–Crippen MR) is 92.1 cm³/mol. The molecule has 3 rings (SSSR count). The summed E-state index contributed by atoms with van der Waals surface area (Å²) in [5.74, 6) is 0.509. The van der Waals surface area contributed by atoms with Gasteiger partial charge in [0.2, 0.25) is 0 Å². The number of rotatable bonds is 3. The van der Waals surface area contributed by atoms with Gasteiger partial charge in [0, 0.05) is 11.6 Å². The zero-order valence-corrected chi connectivity index (χ0v) is 15.0. The van der Waals surface area contributed by atoms with Gasteiger partial charge in [-0.25, -0.2) is 4.79 Å². The molecule has 0 radical (unpaired) electrons. The molecule has 0 spiro atoms. The van der Waals surface area contributed by atoms with Crippen LogP contribution in [0.2, 0.25) is 0 Å². The van der Waals surface area contributed by atoms with Crippen LogP contribution >= 0.6 is 0 Å². The quantitative estimate of drug-likeness (QED) is 0.615. The highest BCUT2D eigenvalue weighted by molar-refractivity contribution is 5.85. The third-order valence-electron chi connectivity index (χ3n) is 7.40. The Bertz CT molecular complexity index is 580. The highest BCUT2D eigenvalue weighted by Gasteiger charge is 2.56. The fourth-order valence-electron chi connectivity index (χ4n) is 5.48. The first-order valence-electron chi connectivity index (χ1n) is 9.11. The second-order valence-corrected chi connectivity index (χ2v) is 8.58. The van der Waals surface area contributed by atoms with E-state index < -0.39 is 12.2 Å². The van der Waals surface area contributed by atoms with Crippen LogP contribution in [0.5, 0.6) is 0 Å². The Labute approximate surface area is 144 Å². The average molecular weight is 334 g/mol.